The maximum Gasteiger partial charge on any atom is 0.321 e. The third kappa shape index (κ3) is 53.2. The van der Waals surface area contributed by atoms with E-state index in [1.54, 1.807) is 18.4 Å². The maximum atomic E-state index is 13.1. The molecule has 582 valence electrons. The van der Waals surface area contributed by atoms with Gasteiger partial charge < -0.3 is 131 Å². The van der Waals surface area contributed by atoms with Crippen LogP contribution in [0, 0.1) is 35.0 Å². The highest BCUT2D eigenvalue weighted by Gasteiger charge is 2.28. The van der Waals surface area contributed by atoms with E-state index >= 15 is 0 Å². The van der Waals surface area contributed by atoms with Gasteiger partial charge in [0.25, 0.3) is 0 Å². The lowest BCUT2D eigenvalue weighted by Crippen LogP contribution is -2.37. The molecule has 1 heterocycles. The molecule has 35 nitrogen and oxygen atoms in total. The molecule has 37 N–H and O–H groups in total. The van der Waals surface area contributed by atoms with Gasteiger partial charge in [-0.05, 0) is 112 Å². The minimum Gasteiger partial charge on any atom is -0.480 e. The molecule has 0 aliphatic carbocycles. The van der Waals surface area contributed by atoms with Gasteiger partial charge in [0.15, 0.2) is 23.3 Å². The first-order valence-electron chi connectivity index (χ1n) is 29.9. The predicted octanol–water partition coefficient (Wildman–Crippen LogP) is -1.42. The highest BCUT2D eigenvalue weighted by atomic mass is 32.1. The van der Waals surface area contributed by atoms with Crippen LogP contribution in [0.4, 0.5) is 22.0 Å². The summed E-state index contributed by atoms with van der Waals surface area (Å²) in [7, 11) is 1.67. The average molecular weight is 1510 g/mol. The maximum absolute atomic E-state index is 13.1. The Morgan fingerprint density at radius 1 is 0.471 bits per heavy atom. The van der Waals surface area contributed by atoms with Crippen LogP contribution in [-0.2, 0) is 72.0 Å². The standard InChI is InChI=1S/C11H11NO2S.C10H13NO2.C9H6F5NO2.C7H15NO2.C5H10N2O3.C5H12N2O2.C4H10N2O2.C3H8N2O2.C3H7NO2S.C3H7NO2/c12-9(11(13)14)5-7-6-15-10-4-2-1-3-8(7)10;11-9(10(12)13)7-6-8-4-2-1-3-5-8;10-4-2(1-3(15)9(16)17)5(11)7(13)8(14)6(4)12;1-5(2)4-6(8-3)7(9)10;6-3(5(9)10)1-2-4(7)8;6-3-1-2-4(7)5(8)9;5-2-1-3(6)4(7)8;4-1-2(5)3(6)7;4-2(1-7)3(5)6;1-2(4)3(5)6/h1-4,6,9H,5,12H2,(H,13,14);1-5,9H,6-7,11H2,(H,12,13);3H,1,15H2,(H,16,17);5-6,8H,4H2,1-3H3,(H,9,10);3H,1-2,6H2,(H2,7,8)(H,9,10);4H,1-3,6-7H2,(H,8,9);3H,1-2,5-6H2,(H,7,8);2H,1,4-5H2,(H,6,7);2,7H,1,4H2,(H,5,6);2H,4H2,1H3,(H,5,6)/t2*9-;3-;6-;3-;4-;3-;3*2-/m0000100011/s1. The Morgan fingerprint density at radius 2 is 0.853 bits per heavy atom. The molecule has 0 aliphatic heterocycles. The van der Waals surface area contributed by atoms with Crippen LogP contribution in [0.5, 0.6) is 0 Å². The largest absolute Gasteiger partial charge is 0.480 e. The van der Waals surface area contributed by atoms with Gasteiger partial charge in [-0.25, -0.2) is 22.0 Å². The molecule has 42 heteroatoms. The zero-order chi connectivity index (χ0) is 80.9. The van der Waals surface area contributed by atoms with Crippen LogP contribution in [-0.4, -0.2) is 210 Å². The van der Waals surface area contributed by atoms with Gasteiger partial charge in [0, 0.05) is 35.4 Å². The van der Waals surface area contributed by atoms with Crippen molar-refractivity contribution in [2.75, 3.05) is 32.4 Å². The van der Waals surface area contributed by atoms with E-state index in [1.807, 2.05) is 73.8 Å². The van der Waals surface area contributed by atoms with Crippen molar-refractivity contribution >= 4 is 99.7 Å². The summed E-state index contributed by atoms with van der Waals surface area (Å²) in [5.74, 6) is -21.0. The van der Waals surface area contributed by atoms with Gasteiger partial charge in [-0.3, -0.25) is 52.7 Å². The van der Waals surface area contributed by atoms with Crippen LogP contribution in [0.2, 0.25) is 0 Å². The fraction of sp³-hybridized carbons (Fsp3) is 0.483. The minimum absolute atomic E-state index is 0.00463. The van der Waals surface area contributed by atoms with E-state index in [9.17, 15) is 74.7 Å². The summed E-state index contributed by atoms with van der Waals surface area (Å²) in [5, 5.41) is 88.5. The molecule has 0 saturated carbocycles. The van der Waals surface area contributed by atoms with Crippen molar-refractivity contribution in [3.63, 3.8) is 0 Å². The first-order chi connectivity index (χ1) is 47.1. The molecule has 0 radical (unpaired) electrons. The molecule has 1 aromatic heterocycles. The number of aryl methyl sites for hydroxylation is 1. The van der Waals surface area contributed by atoms with E-state index in [0.717, 1.165) is 16.5 Å². The van der Waals surface area contributed by atoms with E-state index in [1.165, 1.54) is 11.6 Å². The second kappa shape index (κ2) is 59.9. The molecule has 0 unspecified atom stereocenters. The highest BCUT2D eigenvalue weighted by molar-refractivity contribution is 7.80. The van der Waals surface area contributed by atoms with E-state index in [0.29, 0.717) is 64.0 Å². The summed E-state index contributed by atoms with van der Waals surface area (Å²) < 4.78 is 65.3. The monoisotopic (exact) mass is 1510 g/mol. The van der Waals surface area contributed by atoms with Crippen LogP contribution in [0.1, 0.15) is 82.4 Å². The molecule has 10 atom stereocenters. The van der Waals surface area contributed by atoms with Crippen LogP contribution in [0.3, 0.4) is 0 Å². The molecule has 4 aromatic rings. The fourth-order valence-electron chi connectivity index (χ4n) is 5.92. The lowest BCUT2D eigenvalue weighted by atomic mass is 10.0. The van der Waals surface area contributed by atoms with Crippen molar-refractivity contribution in [3.05, 3.63) is 106 Å². The number of hydrogen-bond donors (Lipinski definition) is 25. The lowest BCUT2D eigenvalue weighted by Gasteiger charge is -2.12. The number of nitrogens with one attached hydrogen (secondary N) is 1. The highest BCUT2D eigenvalue weighted by Crippen LogP contribution is 2.27. The summed E-state index contributed by atoms with van der Waals surface area (Å²) in [6.07, 6.45) is 2.88. The smallest absolute Gasteiger partial charge is 0.321 e. The van der Waals surface area contributed by atoms with Crippen molar-refractivity contribution < 1.29 is 126 Å². The number of nitrogens with two attached hydrogens (primary N) is 13. The SMILES string of the molecule is CN[C@@H](CC(C)C)C(=O)O.C[C@@H](N)C(=O)O.NC(=O)CC[C@@H](N)C(=O)O.NCCC[C@H](N)C(=O)O.NCC[C@H](N)C(=O)O.NC[C@H](N)C(=O)O.N[C@@H](CCc1ccccc1)C(=O)O.N[C@@H](Cc1c(F)c(F)c(F)c(F)c1F)C(=O)O.N[C@@H](Cc1csc2ccccc12)C(=O)O.N[C@H](CS)C(=O)O. The van der Waals surface area contributed by atoms with E-state index in [4.69, 9.17) is 126 Å². The quantitative estimate of drug-likeness (QED) is 0.0123. The average Bonchev–Trinajstić information content (AvgIpc) is 0.829. The Labute approximate surface area is 592 Å². The molecule has 3 aromatic carbocycles. The number of fused-ring (bicyclic) bond motifs is 1. The van der Waals surface area contributed by atoms with Crippen LogP contribution < -0.4 is 79.9 Å². The van der Waals surface area contributed by atoms with Crippen LogP contribution in [0.15, 0.2) is 60.0 Å². The first kappa shape index (κ1) is 104. The Balaban J connectivity index is -0.000000255. The van der Waals surface area contributed by atoms with Gasteiger partial charge in [0.05, 0.1) is 0 Å². The Bertz CT molecular complexity index is 3090. The number of amides is 1. The molecule has 0 spiro atoms. The van der Waals surface area contributed by atoms with Crippen molar-refractivity contribution in [3.8, 4) is 0 Å². The number of carboxylic acids is 10. The van der Waals surface area contributed by atoms with Crippen molar-refractivity contribution in [1.29, 1.82) is 0 Å². The zero-order valence-electron chi connectivity index (χ0n) is 56.2. The Hall–Kier alpha value is -8.73. The molecule has 0 aliphatic rings. The fourth-order valence-corrected chi connectivity index (χ4v) is 7.05. The van der Waals surface area contributed by atoms with E-state index in [-0.39, 0.29) is 31.2 Å². The molecule has 0 bridgehead atoms. The van der Waals surface area contributed by atoms with E-state index in [2.05, 4.69) is 17.9 Å². The van der Waals surface area contributed by atoms with Crippen LogP contribution >= 0.6 is 24.0 Å². The third-order valence-electron chi connectivity index (χ3n) is 11.9. The predicted molar refractivity (Wildman–Crippen MR) is 370 cm³/mol. The normalized spacial score (nSPS) is 13.0. The number of primary amides is 1. The minimum atomic E-state index is -2.30. The molecule has 102 heavy (non-hydrogen) atoms. The van der Waals surface area contributed by atoms with Gasteiger partial charge in [-0.1, -0.05) is 62.4 Å². The Kier molecular flexibility index (Phi) is 61.2. The van der Waals surface area contributed by atoms with Gasteiger partial charge in [0.2, 0.25) is 11.7 Å². The number of benzene rings is 3. The number of halogens is 5. The number of carbonyl (C=O) groups excluding carboxylic acids is 1. The summed E-state index contributed by atoms with van der Waals surface area (Å²) >= 11 is 5.27. The van der Waals surface area contributed by atoms with Gasteiger partial charge in [-0.15, -0.1) is 11.3 Å². The number of rotatable bonds is 30. The summed E-state index contributed by atoms with van der Waals surface area (Å²) in [6.45, 7) is 6.26. The summed E-state index contributed by atoms with van der Waals surface area (Å²) in [5.41, 5.74) is 66.4. The molecule has 0 fully saturated rings. The number of thiophene rings is 1. The molecular formula is C60H99F5N14O21S2. The first-order valence-corrected chi connectivity index (χ1v) is 31.4. The number of thiol groups is 1. The second-order valence-corrected chi connectivity index (χ2v) is 22.4. The second-order valence-electron chi connectivity index (χ2n) is 21.2. The number of likely N-dealkylation sites (N-methyl/N-ethyl adjacent to an activating group) is 1. The van der Waals surface area contributed by atoms with Crippen molar-refractivity contribution in [1.82, 2.24) is 5.32 Å². The molecular weight excluding hydrogens is 1410 g/mol. The van der Waals surface area contributed by atoms with Crippen molar-refractivity contribution in [2.45, 2.75) is 145 Å². The zero-order valence-corrected chi connectivity index (χ0v) is 57.9. The topological polar surface area (TPSA) is 740 Å². The molecule has 1 amide bonds. The van der Waals surface area contributed by atoms with Gasteiger partial charge in [-0.2, -0.15) is 12.6 Å². The number of hydrogen-bond acceptors (Lipinski definition) is 26. The summed E-state index contributed by atoms with van der Waals surface area (Å²) in [4.78, 5) is 111. The van der Waals surface area contributed by atoms with Gasteiger partial charge >= 0.3 is 59.7 Å². The molecule has 0 saturated heterocycles. The lowest BCUT2D eigenvalue weighted by molar-refractivity contribution is -0.140. The van der Waals surface area contributed by atoms with Crippen molar-refractivity contribution in [2.24, 2.45) is 80.5 Å². The summed E-state index contributed by atoms with van der Waals surface area (Å²) in [6, 6.07) is 8.99. The van der Waals surface area contributed by atoms with Gasteiger partial charge in [0.1, 0.15) is 60.4 Å². The third-order valence-corrected chi connectivity index (χ3v) is 13.3. The molecule has 4 rings (SSSR count). The number of aliphatic carboxylic acids is 10. The van der Waals surface area contributed by atoms with E-state index < -0.39 is 161 Å². The van der Waals surface area contributed by atoms with Crippen LogP contribution in [0.25, 0.3) is 10.1 Å². The Morgan fingerprint density at radius 3 is 1.17 bits per heavy atom. The number of carbonyl (C=O) groups is 11. The number of carboxylic acid groups (broad SMARTS) is 10.